The first kappa shape index (κ1) is 13.8. The number of hydrogen-bond acceptors (Lipinski definition) is 4. The quantitative estimate of drug-likeness (QED) is 0.571. The number of nitrogens with one attached hydrogen (secondary N) is 1. The lowest BCUT2D eigenvalue weighted by Gasteiger charge is -2.12. The highest BCUT2D eigenvalue weighted by Gasteiger charge is 2.21. The van der Waals surface area contributed by atoms with E-state index in [1.54, 1.807) is 10.7 Å². The molecule has 6 heteroatoms. The van der Waals surface area contributed by atoms with Gasteiger partial charge in [0.1, 0.15) is 17.2 Å². The van der Waals surface area contributed by atoms with Crippen LogP contribution in [0.5, 0.6) is 0 Å². The lowest BCUT2D eigenvalue weighted by molar-refractivity contribution is 0.428. The Morgan fingerprint density at radius 2 is 2.24 bits per heavy atom. The smallest absolute Gasteiger partial charge is 0.134 e. The van der Waals surface area contributed by atoms with Gasteiger partial charge in [-0.15, -0.1) is 0 Å². The van der Waals surface area contributed by atoms with Crippen LogP contribution in [0.1, 0.15) is 23.1 Å². The molecule has 5 nitrogen and oxygen atoms in total. The Balaban J connectivity index is 1.98. The second-order valence-electron chi connectivity index (χ2n) is 5.14. The van der Waals surface area contributed by atoms with Crippen molar-refractivity contribution >= 4 is 11.0 Å². The zero-order valence-corrected chi connectivity index (χ0v) is 11.9. The Labute approximate surface area is 121 Å². The fraction of sp³-hybridized carbons (Fsp3) is 0.267. The van der Waals surface area contributed by atoms with Crippen LogP contribution >= 0.6 is 0 Å². The van der Waals surface area contributed by atoms with Crippen molar-refractivity contribution in [1.29, 1.82) is 0 Å². The monoisotopic (exact) mass is 288 g/mol. The molecule has 0 aliphatic carbocycles. The van der Waals surface area contributed by atoms with E-state index < -0.39 is 0 Å². The van der Waals surface area contributed by atoms with E-state index in [4.69, 9.17) is 10.3 Å². The molecule has 3 N–H and O–H groups in total. The lowest BCUT2D eigenvalue weighted by Crippen LogP contribution is -2.29. The molecule has 0 radical (unpaired) electrons. The third-order valence-electron chi connectivity index (χ3n) is 3.63. The summed E-state index contributed by atoms with van der Waals surface area (Å²) in [7, 11) is 1.86. The zero-order chi connectivity index (χ0) is 15.0. The number of benzene rings is 1. The van der Waals surface area contributed by atoms with E-state index in [1.807, 2.05) is 26.2 Å². The van der Waals surface area contributed by atoms with E-state index >= 15 is 0 Å². The molecule has 1 aromatic carbocycles. The molecule has 0 saturated carbocycles. The van der Waals surface area contributed by atoms with Gasteiger partial charge >= 0.3 is 0 Å². The van der Waals surface area contributed by atoms with Gasteiger partial charge < -0.3 is 4.42 Å². The number of fused-ring (bicyclic) bond motifs is 1. The third-order valence-corrected chi connectivity index (χ3v) is 3.63. The summed E-state index contributed by atoms with van der Waals surface area (Å²) < 4.78 is 20.9. The minimum atomic E-state index is -0.278. The number of hydrazine groups is 1. The molecule has 0 amide bonds. The van der Waals surface area contributed by atoms with E-state index in [1.165, 1.54) is 12.1 Å². The van der Waals surface area contributed by atoms with Gasteiger partial charge in [-0.3, -0.25) is 10.5 Å². The van der Waals surface area contributed by atoms with Gasteiger partial charge in [0.2, 0.25) is 0 Å². The van der Waals surface area contributed by atoms with Gasteiger partial charge in [0.05, 0.1) is 11.7 Å². The molecule has 0 aliphatic rings. The van der Waals surface area contributed by atoms with Crippen LogP contribution in [0.25, 0.3) is 11.0 Å². The van der Waals surface area contributed by atoms with E-state index in [2.05, 4.69) is 10.5 Å². The maximum Gasteiger partial charge on any atom is 0.134 e. The number of nitrogens with zero attached hydrogens (tertiary/aromatic N) is 2. The van der Waals surface area contributed by atoms with Gasteiger partial charge in [-0.05, 0) is 31.2 Å². The molecule has 2 aromatic heterocycles. The molecular formula is C15H17FN4O. The summed E-state index contributed by atoms with van der Waals surface area (Å²) in [5.41, 5.74) is 5.21. The molecule has 3 aromatic rings. The van der Waals surface area contributed by atoms with Crippen LogP contribution in [0.4, 0.5) is 4.39 Å². The zero-order valence-electron chi connectivity index (χ0n) is 11.9. The number of nitrogens with two attached hydrogens (primary N) is 1. The summed E-state index contributed by atoms with van der Waals surface area (Å²) >= 11 is 0. The highest BCUT2D eigenvalue weighted by atomic mass is 19.1. The Hall–Kier alpha value is -2.18. The van der Waals surface area contributed by atoms with Crippen LogP contribution in [0.3, 0.4) is 0 Å². The van der Waals surface area contributed by atoms with Crippen molar-refractivity contribution in [3.63, 3.8) is 0 Å². The molecule has 0 fully saturated rings. The van der Waals surface area contributed by atoms with Gasteiger partial charge in [-0.2, -0.15) is 5.10 Å². The standard InChI is InChI=1S/C15H17FN4O/c1-9-12-7-10(16)3-4-14(12)21-15(9)13(18-17)8-11-5-6-20(2)19-11/h3-7,13,18H,8,17H2,1-2H3. The van der Waals surface area contributed by atoms with Gasteiger partial charge in [0, 0.05) is 30.6 Å². The average molecular weight is 288 g/mol. The van der Waals surface area contributed by atoms with Crippen molar-refractivity contribution in [2.75, 3.05) is 0 Å². The van der Waals surface area contributed by atoms with Crippen molar-refractivity contribution in [3.05, 3.63) is 53.3 Å². The van der Waals surface area contributed by atoms with Crippen LogP contribution in [0.15, 0.2) is 34.9 Å². The summed E-state index contributed by atoms with van der Waals surface area (Å²) in [5.74, 6) is 6.10. The third kappa shape index (κ3) is 2.55. The molecule has 1 atom stereocenters. The number of rotatable bonds is 4. The van der Waals surface area contributed by atoms with E-state index in [0.29, 0.717) is 17.8 Å². The fourth-order valence-corrected chi connectivity index (χ4v) is 2.55. The van der Waals surface area contributed by atoms with Gasteiger partial charge in [-0.25, -0.2) is 9.82 Å². The maximum absolute atomic E-state index is 13.4. The molecule has 0 aliphatic heterocycles. The normalized spacial score (nSPS) is 13.0. The van der Waals surface area contributed by atoms with Crippen LogP contribution < -0.4 is 11.3 Å². The molecule has 2 heterocycles. The molecular weight excluding hydrogens is 271 g/mol. The number of aryl methyl sites for hydroxylation is 2. The highest BCUT2D eigenvalue weighted by Crippen LogP contribution is 2.31. The predicted octanol–water partition coefficient (Wildman–Crippen LogP) is 2.36. The molecule has 0 saturated heterocycles. The van der Waals surface area contributed by atoms with Crippen molar-refractivity contribution in [2.24, 2.45) is 12.9 Å². The SMILES string of the molecule is Cc1c(C(Cc2ccn(C)n2)NN)oc2ccc(F)cc12. The maximum atomic E-state index is 13.4. The Morgan fingerprint density at radius 3 is 2.90 bits per heavy atom. The summed E-state index contributed by atoms with van der Waals surface area (Å²) in [6, 6.07) is 6.22. The molecule has 110 valence electrons. The minimum absolute atomic E-state index is 0.213. The van der Waals surface area contributed by atoms with Crippen molar-refractivity contribution in [3.8, 4) is 0 Å². The Kier molecular flexibility index (Phi) is 3.48. The molecule has 1 unspecified atom stereocenters. The van der Waals surface area contributed by atoms with Crippen molar-refractivity contribution in [1.82, 2.24) is 15.2 Å². The number of halogens is 1. The molecule has 3 rings (SSSR count). The van der Waals surface area contributed by atoms with E-state index in [0.717, 1.165) is 16.6 Å². The second kappa shape index (κ2) is 5.31. The highest BCUT2D eigenvalue weighted by molar-refractivity contribution is 5.82. The molecule has 21 heavy (non-hydrogen) atoms. The van der Waals surface area contributed by atoms with Gasteiger partial charge in [-0.1, -0.05) is 0 Å². The summed E-state index contributed by atoms with van der Waals surface area (Å²) in [6.07, 6.45) is 2.48. The van der Waals surface area contributed by atoms with Crippen LogP contribution in [-0.4, -0.2) is 9.78 Å². The fourth-order valence-electron chi connectivity index (χ4n) is 2.55. The number of aromatic nitrogens is 2. The van der Waals surface area contributed by atoms with Crippen LogP contribution in [-0.2, 0) is 13.5 Å². The first-order valence-electron chi connectivity index (χ1n) is 6.71. The van der Waals surface area contributed by atoms with Crippen molar-refractivity contribution in [2.45, 2.75) is 19.4 Å². The lowest BCUT2D eigenvalue weighted by atomic mass is 10.0. The second-order valence-corrected chi connectivity index (χ2v) is 5.14. The average Bonchev–Trinajstić information content (AvgIpc) is 3.01. The van der Waals surface area contributed by atoms with Gasteiger partial charge in [0.25, 0.3) is 0 Å². The Morgan fingerprint density at radius 1 is 1.43 bits per heavy atom. The molecule has 0 bridgehead atoms. The number of hydrogen-bond donors (Lipinski definition) is 2. The first-order valence-corrected chi connectivity index (χ1v) is 6.71. The van der Waals surface area contributed by atoms with Crippen LogP contribution in [0.2, 0.25) is 0 Å². The summed E-state index contributed by atoms with van der Waals surface area (Å²) in [4.78, 5) is 0. The molecule has 0 spiro atoms. The van der Waals surface area contributed by atoms with Crippen LogP contribution in [0, 0.1) is 12.7 Å². The largest absolute Gasteiger partial charge is 0.459 e. The predicted molar refractivity (Wildman–Crippen MR) is 77.9 cm³/mol. The van der Waals surface area contributed by atoms with E-state index in [9.17, 15) is 4.39 Å². The van der Waals surface area contributed by atoms with E-state index in [-0.39, 0.29) is 11.9 Å². The minimum Gasteiger partial charge on any atom is -0.459 e. The van der Waals surface area contributed by atoms with Gasteiger partial charge in [0.15, 0.2) is 0 Å². The van der Waals surface area contributed by atoms with Crippen molar-refractivity contribution < 1.29 is 8.81 Å². The Bertz CT molecular complexity index is 777. The number of furan rings is 1. The topological polar surface area (TPSA) is 69.0 Å². The first-order chi connectivity index (χ1) is 10.1. The summed E-state index contributed by atoms with van der Waals surface area (Å²) in [6.45, 7) is 1.91. The summed E-state index contributed by atoms with van der Waals surface area (Å²) in [5, 5.41) is 5.11.